The minimum atomic E-state index is 0.435. The van der Waals surface area contributed by atoms with Crippen LogP contribution in [0, 0.1) is 5.92 Å². The first-order chi connectivity index (χ1) is 12.5. The van der Waals surface area contributed by atoms with Crippen molar-refractivity contribution >= 4 is 5.57 Å². The molecule has 0 saturated carbocycles. The third-order valence-corrected chi connectivity index (χ3v) is 4.84. The summed E-state index contributed by atoms with van der Waals surface area (Å²) in [5, 5.41) is 0. The maximum absolute atomic E-state index is 5.52. The van der Waals surface area contributed by atoms with Crippen LogP contribution in [-0.4, -0.2) is 14.2 Å². The average molecular weight is 357 g/mol. The largest absolute Gasteiger partial charge is 0.502 e. The zero-order valence-electron chi connectivity index (χ0n) is 17.5. The highest BCUT2D eigenvalue weighted by Crippen LogP contribution is 2.37. The molecule has 144 valence electrons. The molecule has 1 aromatic carbocycles. The van der Waals surface area contributed by atoms with Crippen LogP contribution in [-0.2, 0) is 4.74 Å². The van der Waals surface area contributed by atoms with E-state index in [1.165, 1.54) is 16.7 Å². The standard InChI is InChI=1S/C24H36O2/c1-8-10-12-20(11-9-2)24-17-21(26-7)14-16-23(24)22(18(3)4)15-13-19(5)25-6/h8,12-14,16-18,22H,1,9-11,15H2,2-7H3. The molecule has 0 heterocycles. The van der Waals surface area contributed by atoms with Crippen molar-refractivity contribution in [2.45, 2.75) is 59.3 Å². The van der Waals surface area contributed by atoms with E-state index in [0.29, 0.717) is 11.8 Å². The molecule has 0 aromatic heterocycles. The van der Waals surface area contributed by atoms with Crippen molar-refractivity contribution in [3.05, 3.63) is 59.9 Å². The third-order valence-electron chi connectivity index (χ3n) is 4.84. The average Bonchev–Trinajstić information content (AvgIpc) is 2.64. The van der Waals surface area contributed by atoms with Gasteiger partial charge < -0.3 is 9.47 Å². The summed E-state index contributed by atoms with van der Waals surface area (Å²) in [4.78, 5) is 0. The predicted molar refractivity (Wildman–Crippen MR) is 114 cm³/mol. The Morgan fingerprint density at radius 2 is 1.92 bits per heavy atom. The topological polar surface area (TPSA) is 18.5 Å². The Labute approximate surface area is 160 Å². The maximum atomic E-state index is 5.52. The van der Waals surface area contributed by atoms with E-state index in [-0.39, 0.29) is 0 Å². The van der Waals surface area contributed by atoms with Gasteiger partial charge in [-0.2, -0.15) is 0 Å². The molecular weight excluding hydrogens is 320 g/mol. The number of hydrogen-bond donors (Lipinski definition) is 0. The summed E-state index contributed by atoms with van der Waals surface area (Å²) in [5.41, 5.74) is 4.10. The number of ether oxygens (including phenoxy) is 2. The zero-order chi connectivity index (χ0) is 19.5. The molecule has 2 nitrogen and oxygen atoms in total. The van der Waals surface area contributed by atoms with Gasteiger partial charge in [0.25, 0.3) is 0 Å². The minimum absolute atomic E-state index is 0.435. The lowest BCUT2D eigenvalue weighted by molar-refractivity contribution is 0.290. The van der Waals surface area contributed by atoms with Crippen molar-refractivity contribution in [3.63, 3.8) is 0 Å². The van der Waals surface area contributed by atoms with E-state index in [2.05, 4.69) is 57.7 Å². The minimum Gasteiger partial charge on any atom is -0.502 e. The first-order valence-corrected chi connectivity index (χ1v) is 9.67. The number of allylic oxidation sites excluding steroid dienone is 5. The molecule has 1 rings (SSSR count). The molecule has 0 fully saturated rings. The van der Waals surface area contributed by atoms with Crippen molar-refractivity contribution in [1.82, 2.24) is 0 Å². The summed E-state index contributed by atoms with van der Waals surface area (Å²) < 4.78 is 10.9. The van der Waals surface area contributed by atoms with Gasteiger partial charge in [0.15, 0.2) is 0 Å². The Morgan fingerprint density at radius 3 is 2.46 bits per heavy atom. The van der Waals surface area contributed by atoms with Gasteiger partial charge in [-0.25, -0.2) is 0 Å². The fraction of sp³-hybridized carbons (Fsp3) is 0.500. The van der Waals surface area contributed by atoms with Crippen LogP contribution >= 0.6 is 0 Å². The normalized spacial score (nSPS) is 13.7. The summed E-state index contributed by atoms with van der Waals surface area (Å²) in [6.45, 7) is 12.7. The van der Waals surface area contributed by atoms with E-state index in [1.807, 2.05) is 13.0 Å². The van der Waals surface area contributed by atoms with Gasteiger partial charge in [-0.1, -0.05) is 45.4 Å². The molecule has 0 radical (unpaired) electrons. The first-order valence-electron chi connectivity index (χ1n) is 9.67. The zero-order valence-corrected chi connectivity index (χ0v) is 17.5. The van der Waals surface area contributed by atoms with Gasteiger partial charge in [0.2, 0.25) is 0 Å². The van der Waals surface area contributed by atoms with Crippen molar-refractivity contribution in [3.8, 4) is 5.75 Å². The van der Waals surface area contributed by atoms with E-state index in [9.17, 15) is 0 Å². The summed E-state index contributed by atoms with van der Waals surface area (Å²) in [5.74, 6) is 2.85. The number of methoxy groups -OCH3 is 2. The number of benzene rings is 1. The lowest BCUT2D eigenvalue weighted by atomic mass is 9.80. The molecule has 1 aromatic rings. The van der Waals surface area contributed by atoms with E-state index in [4.69, 9.17) is 9.47 Å². The molecule has 1 atom stereocenters. The van der Waals surface area contributed by atoms with Crippen LogP contribution < -0.4 is 4.74 Å². The Morgan fingerprint density at radius 1 is 1.19 bits per heavy atom. The first kappa shape index (κ1) is 22.1. The van der Waals surface area contributed by atoms with Crippen molar-refractivity contribution in [2.75, 3.05) is 14.2 Å². The molecule has 0 N–H and O–H groups in total. The molecule has 0 aliphatic rings. The Hall–Kier alpha value is -1.96. The molecular formula is C24H36O2. The lowest BCUT2D eigenvalue weighted by Crippen LogP contribution is -2.09. The quantitative estimate of drug-likeness (QED) is 0.310. The van der Waals surface area contributed by atoms with Crippen LogP contribution in [0.5, 0.6) is 5.75 Å². The Balaban J connectivity index is 3.44. The van der Waals surface area contributed by atoms with Gasteiger partial charge in [0, 0.05) is 0 Å². The van der Waals surface area contributed by atoms with Gasteiger partial charge >= 0.3 is 0 Å². The maximum Gasteiger partial charge on any atom is 0.119 e. The molecule has 1 unspecified atom stereocenters. The van der Waals surface area contributed by atoms with Gasteiger partial charge in [0.05, 0.1) is 20.0 Å². The van der Waals surface area contributed by atoms with Gasteiger partial charge in [0.1, 0.15) is 5.75 Å². The molecule has 2 heteroatoms. The second-order valence-electron chi connectivity index (χ2n) is 7.06. The summed E-state index contributed by atoms with van der Waals surface area (Å²) >= 11 is 0. The van der Waals surface area contributed by atoms with Gasteiger partial charge in [-0.15, -0.1) is 6.58 Å². The predicted octanol–water partition coefficient (Wildman–Crippen LogP) is 7.13. The van der Waals surface area contributed by atoms with Crippen LogP contribution in [0.2, 0.25) is 0 Å². The highest BCUT2D eigenvalue weighted by Gasteiger charge is 2.20. The molecule has 0 aliphatic carbocycles. The highest BCUT2D eigenvalue weighted by molar-refractivity contribution is 5.70. The number of hydrogen-bond acceptors (Lipinski definition) is 2. The molecule has 26 heavy (non-hydrogen) atoms. The highest BCUT2D eigenvalue weighted by atomic mass is 16.5. The Kier molecular flexibility index (Phi) is 9.87. The third kappa shape index (κ3) is 6.40. The van der Waals surface area contributed by atoms with Gasteiger partial charge in [-0.05, 0) is 72.9 Å². The van der Waals surface area contributed by atoms with Crippen LogP contribution in [0.4, 0.5) is 0 Å². The SMILES string of the molecule is C=CCC=C(CCC)c1cc(OC)ccc1C(CC=C(C)OC)C(C)C. The van der Waals surface area contributed by atoms with Crippen molar-refractivity contribution < 1.29 is 9.47 Å². The number of rotatable bonds is 11. The van der Waals surface area contributed by atoms with Gasteiger partial charge in [-0.3, -0.25) is 0 Å². The lowest BCUT2D eigenvalue weighted by Gasteiger charge is -2.25. The molecule has 0 amide bonds. The van der Waals surface area contributed by atoms with Crippen LogP contribution in [0.15, 0.2) is 48.8 Å². The summed E-state index contributed by atoms with van der Waals surface area (Å²) in [7, 11) is 3.46. The van der Waals surface area contributed by atoms with E-state index in [0.717, 1.165) is 37.2 Å². The summed E-state index contributed by atoms with van der Waals surface area (Å²) in [6.07, 6.45) is 10.5. The van der Waals surface area contributed by atoms with Crippen LogP contribution in [0.25, 0.3) is 5.57 Å². The van der Waals surface area contributed by atoms with Crippen LogP contribution in [0.1, 0.15) is 70.4 Å². The fourth-order valence-corrected chi connectivity index (χ4v) is 3.24. The van der Waals surface area contributed by atoms with Crippen LogP contribution in [0.3, 0.4) is 0 Å². The molecule has 0 aliphatic heterocycles. The summed E-state index contributed by atoms with van der Waals surface area (Å²) in [6, 6.07) is 6.52. The fourth-order valence-electron chi connectivity index (χ4n) is 3.24. The van der Waals surface area contributed by atoms with Crippen molar-refractivity contribution in [1.29, 1.82) is 0 Å². The molecule has 0 saturated heterocycles. The molecule has 0 bridgehead atoms. The van der Waals surface area contributed by atoms with E-state index >= 15 is 0 Å². The van der Waals surface area contributed by atoms with Crippen molar-refractivity contribution in [2.24, 2.45) is 5.92 Å². The van der Waals surface area contributed by atoms with E-state index < -0.39 is 0 Å². The molecule has 0 spiro atoms. The monoisotopic (exact) mass is 356 g/mol. The second kappa shape index (κ2) is 11.6. The second-order valence-corrected chi connectivity index (χ2v) is 7.06. The van der Waals surface area contributed by atoms with E-state index in [1.54, 1.807) is 14.2 Å². The Bertz CT molecular complexity index is 623. The smallest absolute Gasteiger partial charge is 0.119 e.